The minimum atomic E-state index is -2.77. The van der Waals surface area contributed by atoms with Crippen molar-refractivity contribution in [2.75, 3.05) is 59.1 Å². The first-order valence-electron chi connectivity index (χ1n) is 30.4. The number of carbonyl (C=O) groups excluding carboxylic acids is 9. The number of aliphatic hydroxyl groups is 5. The number of cyclic esters (lactones) is 1. The van der Waals surface area contributed by atoms with Crippen LogP contribution in [0.15, 0.2) is 9.98 Å². The molecule has 0 aliphatic carbocycles. The summed E-state index contributed by atoms with van der Waals surface area (Å²) in [4.78, 5) is 166. The van der Waals surface area contributed by atoms with Gasteiger partial charge in [-0.1, -0.05) is 58.8 Å². The molecular weight excluding hydrogens is 1160 g/mol. The Kier molecular flexibility index (Phi) is 28.6. The first-order chi connectivity index (χ1) is 41.8. The molecule has 5 aliphatic rings. The molecule has 0 saturated carbocycles. The van der Waals surface area contributed by atoms with E-state index in [9.17, 15) is 88.5 Å². The Labute approximate surface area is 509 Å². The molecule has 32 heteroatoms. The molecule has 13 atom stereocenters. The molecule has 0 bridgehead atoms. The molecule has 0 unspecified atom stereocenters. The van der Waals surface area contributed by atoms with Crippen molar-refractivity contribution in [2.24, 2.45) is 21.6 Å². The Morgan fingerprint density at radius 2 is 1.23 bits per heavy atom. The predicted octanol–water partition coefficient (Wildman–Crippen LogP) is -4.44. The van der Waals surface area contributed by atoms with Gasteiger partial charge in [-0.05, 0) is 70.6 Å². The Balaban J connectivity index is 1.51. The number of nitrogens with one attached hydrogen (secondary N) is 5. The van der Waals surface area contributed by atoms with E-state index in [2.05, 4.69) is 39.8 Å². The fraction of sp³-hybridized carbons (Fsp3) is 0.768. The lowest BCUT2D eigenvalue weighted by Gasteiger charge is -2.34. The zero-order valence-electron chi connectivity index (χ0n) is 50.2. The number of aliphatic imine (C=N–C) groups is 2. The van der Waals surface area contributed by atoms with Crippen LogP contribution in [0.5, 0.6) is 0 Å². The fourth-order valence-electron chi connectivity index (χ4n) is 11.3. The van der Waals surface area contributed by atoms with Crippen molar-refractivity contribution in [2.45, 2.75) is 209 Å². The molecule has 5 fully saturated rings. The molecular formula is C56H90N12O20. The van der Waals surface area contributed by atoms with Gasteiger partial charge in [-0.25, -0.2) is 19.4 Å². The number of fused-ring (bicyclic) bond motifs is 3. The van der Waals surface area contributed by atoms with Gasteiger partial charge in [0.15, 0.2) is 18.2 Å². The number of unbranched alkanes of at least 4 members (excludes halogenated alkanes) is 6. The van der Waals surface area contributed by atoms with Crippen LogP contribution in [-0.2, 0) is 62.2 Å². The number of hydrogen-bond donors (Lipinski definition) is 13. The van der Waals surface area contributed by atoms with E-state index in [1.807, 2.05) is 15.5 Å². The van der Waals surface area contributed by atoms with Crippen LogP contribution >= 0.6 is 0 Å². The number of hydrogen-bond acceptors (Lipinski definition) is 19. The number of aliphatic carboxylic acids is 2. The van der Waals surface area contributed by atoms with Crippen LogP contribution in [-0.4, -0.2) is 271 Å². The zero-order valence-corrected chi connectivity index (χ0v) is 50.2. The second-order valence-electron chi connectivity index (χ2n) is 23.3. The monoisotopic (exact) mass is 1250 g/mol. The molecule has 0 aromatic heterocycles. The van der Waals surface area contributed by atoms with Crippen LogP contribution in [0.4, 0.5) is 0 Å². The van der Waals surface area contributed by atoms with E-state index >= 15 is 0 Å². The van der Waals surface area contributed by atoms with Gasteiger partial charge in [-0.15, -0.1) is 0 Å². The highest BCUT2D eigenvalue weighted by Gasteiger charge is 2.49. The highest BCUT2D eigenvalue weighted by atomic mass is 16.5. The van der Waals surface area contributed by atoms with Crippen LogP contribution in [0.3, 0.4) is 0 Å². The predicted molar refractivity (Wildman–Crippen MR) is 309 cm³/mol. The van der Waals surface area contributed by atoms with Crippen LogP contribution in [0.2, 0.25) is 0 Å². The molecule has 5 heterocycles. The molecule has 14 N–H and O–H groups in total. The number of rotatable bonds is 21. The number of nitrogens with two attached hydrogens (primary N) is 1. The van der Waals surface area contributed by atoms with E-state index in [1.54, 1.807) is 0 Å². The number of aliphatic hydroxyl groups excluding tert-OH is 5. The summed E-state index contributed by atoms with van der Waals surface area (Å²) < 4.78 is 11.0. The van der Waals surface area contributed by atoms with Crippen molar-refractivity contribution in [3.05, 3.63) is 0 Å². The average Bonchev–Trinajstić information content (AvgIpc) is 4.41. The van der Waals surface area contributed by atoms with Crippen molar-refractivity contribution < 1.29 is 98.0 Å². The van der Waals surface area contributed by atoms with Gasteiger partial charge < -0.3 is 97.1 Å². The molecule has 5 aliphatic heterocycles. The summed E-state index contributed by atoms with van der Waals surface area (Å²) in [5, 5.41) is 85.6. The minimum Gasteiger partial charge on any atom is -0.479 e. The maximum atomic E-state index is 14.6. The Bertz CT molecular complexity index is 2500. The highest BCUT2D eigenvalue weighted by Crippen LogP contribution is 2.27. The van der Waals surface area contributed by atoms with Gasteiger partial charge >= 0.3 is 17.9 Å². The van der Waals surface area contributed by atoms with Gasteiger partial charge in [-0.2, -0.15) is 0 Å². The van der Waals surface area contributed by atoms with Gasteiger partial charge in [0.05, 0.1) is 44.8 Å². The van der Waals surface area contributed by atoms with Crippen molar-refractivity contribution in [1.82, 2.24) is 46.2 Å². The average molecular weight is 1250 g/mol. The molecule has 0 aromatic carbocycles. The summed E-state index contributed by atoms with van der Waals surface area (Å²) >= 11 is 0. The number of carboxylic acids is 2. The SMILES string of the molecule is CC(C)CCCCCCCCC[C@@H]1CC(=O)N[C@H]([C@@H](C)O)C(=O)N2CCC[C@@H]2C(=O)N2CCC[C@H]2C(=O)N[C@@H](CCCN=C(N)/N=C/N2CCOCC2)C(=O)N[C@H]([C@@H](O)C(=O)O)C(=O)N[C@H](CO)C(=O)N2CC[C@H](O)[C@H]2C(=O)N[C@@H]([C@H](O)C(=O)O)C(=O)O1. The summed E-state index contributed by atoms with van der Waals surface area (Å²) in [6.45, 7) is 5.63. The lowest BCUT2D eigenvalue weighted by atomic mass is 10.0. The number of esters is 1. The molecule has 0 radical (unpaired) electrons. The molecule has 8 amide bonds. The number of guanidine groups is 1. The van der Waals surface area contributed by atoms with E-state index in [1.165, 1.54) is 18.2 Å². The third kappa shape index (κ3) is 20.7. The van der Waals surface area contributed by atoms with E-state index in [0.29, 0.717) is 50.0 Å². The number of amides is 8. The fourth-order valence-corrected chi connectivity index (χ4v) is 11.3. The normalized spacial score (nSPS) is 28.4. The van der Waals surface area contributed by atoms with Gasteiger partial charge in [-0.3, -0.25) is 43.3 Å². The standard InChI is InChI=1S/C56H90N12O20/c1-31(2)14-9-7-5-4-6-8-10-15-33-28-39(72)62-40(32(3)70)52(81)67-22-13-18-37(67)51(80)66-21-12-17-36(66)47(76)60-34(16-11-20-58-56(57)59-30-65-24-26-87-27-25-65)46(75)63-41(44(73)53(82)83)48(77)61-35(29-69)50(79)68-23-19-38(71)43(68)49(78)64-42(55(86)88-33)45(74)54(84)85/h30-38,40-45,69-71,73-74H,4-29H2,1-3H3,(H2,57,58)(H,60,76)(H,61,77)(H,62,72)(H,63,75)(H,64,78)(H,82,83)(H,84,85)/b59-30+/t32-,33-,34+,35-,36+,37-,38+,40-,41-,42+,43+,44-,45+/m1/s1. The summed E-state index contributed by atoms with van der Waals surface area (Å²) in [6, 6.07) is -15.0. The maximum Gasteiger partial charge on any atom is 0.335 e. The lowest BCUT2D eigenvalue weighted by Crippen LogP contribution is -2.64. The lowest BCUT2D eigenvalue weighted by molar-refractivity contribution is -0.165. The molecule has 88 heavy (non-hydrogen) atoms. The van der Waals surface area contributed by atoms with Crippen LogP contribution in [0.25, 0.3) is 0 Å². The smallest absolute Gasteiger partial charge is 0.335 e. The van der Waals surface area contributed by atoms with Gasteiger partial charge in [0.1, 0.15) is 48.4 Å². The number of carboxylic acid groups (broad SMARTS) is 2. The van der Waals surface area contributed by atoms with E-state index in [0.717, 1.165) is 43.4 Å². The Morgan fingerprint density at radius 1 is 0.636 bits per heavy atom. The quantitative estimate of drug-likeness (QED) is 0.0223. The molecule has 0 spiro atoms. The summed E-state index contributed by atoms with van der Waals surface area (Å²) in [5.41, 5.74) is 6.02. The first kappa shape index (κ1) is 71.6. The molecule has 32 nitrogen and oxygen atoms in total. The molecule has 5 saturated heterocycles. The van der Waals surface area contributed by atoms with Crippen LogP contribution in [0, 0.1) is 5.92 Å². The van der Waals surface area contributed by atoms with Gasteiger partial charge in [0, 0.05) is 39.3 Å². The van der Waals surface area contributed by atoms with E-state index in [4.69, 9.17) is 15.2 Å². The first-order valence-corrected chi connectivity index (χ1v) is 30.4. The zero-order chi connectivity index (χ0) is 64.8. The Hall–Kier alpha value is -7.13. The van der Waals surface area contributed by atoms with Crippen LogP contribution in [0.1, 0.15) is 130 Å². The minimum absolute atomic E-state index is 0.00318. The summed E-state index contributed by atoms with van der Waals surface area (Å²) in [7, 11) is 0. The molecule has 0 aromatic rings. The third-order valence-corrected chi connectivity index (χ3v) is 16.2. The van der Waals surface area contributed by atoms with Crippen molar-refractivity contribution in [1.29, 1.82) is 0 Å². The largest absolute Gasteiger partial charge is 0.479 e. The van der Waals surface area contributed by atoms with Gasteiger partial charge in [0.2, 0.25) is 53.2 Å². The second-order valence-corrected chi connectivity index (χ2v) is 23.3. The number of ether oxygens (including phenoxy) is 2. The van der Waals surface area contributed by atoms with Crippen LogP contribution < -0.4 is 32.3 Å². The summed E-state index contributed by atoms with van der Waals surface area (Å²) in [6.07, 6.45) is -2.93. The van der Waals surface area contributed by atoms with E-state index in [-0.39, 0.29) is 77.0 Å². The number of carbonyl (C=O) groups is 11. The highest BCUT2D eigenvalue weighted by molar-refractivity contribution is 6.00. The number of morpholine rings is 1. The maximum absolute atomic E-state index is 14.6. The van der Waals surface area contributed by atoms with E-state index < -0.39 is 164 Å². The van der Waals surface area contributed by atoms with Crippen molar-refractivity contribution in [3.8, 4) is 0 Å². The van der Waals surface area contributed by atoms with Crippen molar-refractivity contribution >= 4 is 77.5 Å². The number of nitrogens with zero attached hydrogens (tertiary/aromatic N) is 6. The second kappa shape index (κ2) is 35.2. The third-order valence-electron chi connectivity index (χ3n) is 16.2. The van der Waals surface area contributed by atoms with Gasteiger partial charge in [0.25, 0.3) is 0 Å². The molecule has 494 valence electrons. The topological polar surface area (TPSA) is 472 Å². The molecule has 5 rings (SSSR count). The van der Waals surface area contributed by atoms with Crippen molar-refractivity contribution in [3.63, 3.8) is 0 Å². The summed E-state index contributed by atoms with van der Waals surface area (Å²) in [5.74, 6) is -14.3. The Morgan fingerprint density at radius 3 is 1.85 bits per heavy atom.